The number of nitrogens with one attached hydrogen (secondary N) is 3. The number of ether oxygens (including phenoxy) is 1. The van der Waals surface area contributed by atoms with Crippen molar-refractivity contribution in [1.29, 1.82) is 0 Å². The number of hydrogen-bond donors (Lipinski definition) is 3. The largest absolute Gasteiger partial charge is 0.382 e. The van der Waals surface area contributed by atoms with Crippen molar-refractivity contribution in [3.63, 3.8) is 0 Å². The van der Waals surface area contributed by atoms with Crippen molar-refractivity contribution in [3.8, 4) is 0 Å². The Kier molecular flexibility index (Phi) is 16.3. The van der Waals surface area contributed by atoms with Crippen molar-refractivity contribution in [2.75, 3.05) is 59.5 Å². The number of amides is 1. The lowest BCUT2D eigenvalue weighted by Gasteiger charge is -2.25. The van der Waals surface area contributed by atoms with Gasteiger partial charge in [0.1, 0.15) is 0 Å². The molecule has 1 aromatic carbocycles. The summed E-state index contributed by atoms with van der Waals surface area (Å²) in [6.07, 6.45) is 4.56. The molecule has 0 aliphatic carbocycles. The Hall–Kier alpha value is -2.79. The lowest BCUT2D eigenvalue weighted by molar-refractivity contribution is -0.103. The van der Waals surface area contributed by atoms with Gasteiger partial charge >= 0.3 is 0 Å². The Bertz CT molecular complexity index is 1160. The highest BCUT2D eigenvalue weighted by molar-refractivity contribution is 7.80. The molecule has 0 radical (unpaired) electrons. The van der Waals surface area contributed by atoms with Crippen LogP contribution >= 0.6 is 0 Å². The van der Waals surface area contributed by atoms with Crippen LogP contribution in [0.25, 0.3) is 11.6 Å². The zero-order valence-electron chi connectivity index (χ0n) is 25.7. The summed E-state index contributed by atoms with van der Waals surface area (Å²) < 4.78 is 23.3. The van der Waals surface area contributed by atoms with Gasteiger partial charge in [0, 0.05) is 62.1 Å². The number of hydrogen-bond acceptors (Lipinski definition) is 7. The molecular weight excluding hydrogens is 528 g/mol. The molecule has 2 aromatic rings. The molecule has 0 saturated carbocycles. The van der Waals surface area contributed by atoms with Crippen molar-refractivity contribution in [2.24, 2.45) is 0 Å². The standard InChI is InChI=1S/C26H35N3O5S.C2H7N.C2H6/c1-6-27-26(31)24-17(3)28-21(19(24)9-8-13-33-7-2)15-18(16-30)25-20-12-14-34-35(32)23(20)11-10-22(25)29(4)5;1-3-2;1-2/h10-11,15-16,28H,6-9,12-14H2,1-5H3,(H,27,31);3H,1-2H3;1-2H3/b18-15+;;. The van der Waals surface area contributed by atoms with Gasteiger partial charge in [0.25, 0.3) is 5.91 Å². The topological polar surface area (TPSA) is 113 Å². The minimum Gasteiger partial charge on any atom is -0.382 e. The Balaban J connectivity index is 0.00000150. The second-order valence-electron chi connectivity index (χ2n) is 9.03. The number of aldehydes is 1. The molecule has 0 bridgehead atoms. The van der Waals surface area contributed by atoms with Crippen LogP contribution in [0.1, 0.15) is 72.6 Å². The number of H-pyrrole nitrogens is 1. The number of aromatic amines is 1. The molecule has 9 nitrogen and oxygen atoms in total. The maximum atomic E-state index is 12.9. The molecule has 3 rings (SSSR count). The number of aromatic nitrogens is 1. The lowest BCUT2D eigenvalue weighted by atomic mass is 9.94. The first-order valence-electron chi connectivity index (χ1n) is 14.0. The van der Waals surface area contributed by atoms with Crippen molar-refractivity contribution in [2.45, 2.75) is 58.8 Å². The quantitative estimate of drug-likeness (QED) is 0.208. The van der Waals surface area contributed by atoms with Crippen molar-refractivity contribution in [1.82, 2.24) is 15.6 Å². The zero-order chi connectivity index (χ0) is 30.2. The fourth-order valence-corrected chi connectivity index (χ4v) is 5.40. The summed E-state index contributed by atoms with van der Waals surface area (Å²) in [6.45, 7) is 11.8. The molecule has 224 valence electrons. The number of benzene rings is 1. The fourth-order valence-electron chi connectivity index (χ4n) is 4.45. The number of aryl methyl sites for hydroxylation is 1. The van der Waals surface area contributed by atoms with Crippen LogP contribution in [0.15, 0.2) is 17.0 Å². The fraction of sp³-hybridized carbons (Fsp3) is 0.533. The Morgan fingerprint density at radius 1 is 1.20 bits per heavy atom. The van der Waals surface area contributed by atoms with E-state index in [2.05, 4.69) is 15.6 Å². The van der Waals surface area contributed by atoms with E-state index in [0.29, 0.717) is 55.2 Å². The maximum Gasteiger partial charge on any atom is 0.253 e. The Morgan fingerprint density at radius 3 is 2.45 bits per heavy atom. The third kappa shape index (κ3) is 9.12. The normalized spacial score (nSPS) is 14.2. The van der Waals surface area contributed by atoms with Gasteiger partial charge in [-0.1, -0.05) is 13.8 Å². The van der Waals surface area contributed by atoms with E-state index in [1.165, 1.54) is 0 Å². The molecule has 1 aliphatic rings. The average Bonchev–Trinajstić information content (AvgIpc) is 3.25. The molecule has 1 aromatic heterocycles. The summed E-state index contributed by atoms with van der Waals surface area (Å²) in [5.74, 6) is -0.140. The predicted octanol–water partition coefficient (Wildman–Crippen LogP) is 4.30. The number of anilines is 1. The minimum atomic E-state index is -1.57. The maximum absolute atomic E-state index is 12.9. The van der Waals surface area contributed by atoms with E-state index in [-0.39, 0.29) is 5.91 Å². The van der Waals surface area contributed by atoms with Crippen molar-refractivity contribution >= 4 is 40.6 Å². The van der Waals surface area contributed by atoms with E-state index >= 15 is 0 Å². The first kappa shape index (κ1) is 35.2. The summed E-state index contributed by atoms with van der Waals surface area (Å²) in [5.41, 5.74) is 5.84. The summed E-state index contributed by atoms with van der Waals surface area (Å²) in [7, 11) is 7.57. The van der Waals surface area contributed by atoms with Crippen LogP contribution in [0, 0.1) is 6.92 Å². The monoisotopic (exact) mass is 576 g/mol. The Labute approximate surface area is 242 Å². The van der Waals surface area contributed by atoms with Gasteiger partial charge in [0.2, 0.25) is 0 Å². The van der Waals surface area contributed by atoms with Gasteiger partial charge in [0.15, 0.2) is 17.4 Å². The van der Waals surface area contributed by atoms with Gasteiger partial charge in [-0.05, 0) is 83.5 Å². The minimum absolute atomic E-state index is 0.140. The van der Waals surface area contributed by atoms with Crippen LogP contribution < -0.4 is 15.5 Å². The lowest BCUT2D eigenvalue weighted by Crippen LogP contribution is -2.24. The van der Waals surface area contributed by atoms with Crippen LogP contribution in [-0.2, 0) is 37.6 Å². The van der Waals surface area contributed by atoms with Gasteiger partial charge in [-0.15, -0.1) is 0 Å². The number of carbonyl (C=O) groups is 2. The molecule has 3 N–H and O–H groups in total. The van der Waals surface area contributed by atoms with Gasteiger partial charge < -0.3 is 25.3 Å². The van der Waals surface area contributed by atoms with E-state index in [1.807, 2.05) is 73.8 Å². The molecule has 1 atom stereocenters. The van der Waals surface area contributed by atoms with Gasteiger partial charge in [-0.3, -0.25) is 13.8 Å². The first-order valence-corrected chi connectivity index (χ1v) is 15.0. The SMILES string of the molecule is CC.CCNC(=O)c1c(C)[nH]c(/C=C(\C=O)c2c(N(C)C)ccc3c2CCOS3=O)c1CCCOCC.CNC. The van der Waals surface area contributed by atoms with E-state index in [4.69, 9.17) is 8.92 Å². The molecule has 10 heteroatoms. The molecule has 2 heterocycles. The van der Waals surface area contributed by atoms with E-state index in [0.717, 1.165) is 46.5 Å². The molecule has 1 unspecified atom stereocenters. The highest BCUT2D eigenvalue weighted by Crippen LogP contribution is 2.36. The molecule has 0 saturated heterocycles. The van der Waals surface area contributed by atoms with Gasteiger partial charge in [0.05, 0.1) is 17.1 Å². The number of nitrogens with zero attached hydrogens (tertiary/aromatic N) is 1. The van der Waals surface area contributed by atoms with E-state index in [1.54, 1.807) is 12.1 Å². The van der Waals surface area contributed by atoms with Crippen molar-refractivity contribution < 1.29 is 22.7 Å². The number of allylic oxidation sites excluding steroid dienone is 1. The summed E-state index contributed by atoms with van der Waals surface area (Å²) in [4.78, 5) is 31.2. The molecule has 40 heavy (non-hydrogen) atoms. The first-order chi connectivity index (χ1) is 19.2. The molecule has 1 amide bonds. The predicted molar refractivity (Wildman–Crippen MR) is 165 cm³/mol. The molecule has 0 spiro atoms. The smallest absolute Gasteiger partial charge is 0.253 e. The average molecular weight is 577 g/mol. The third-order valence-corrected chi connectivity index (χ3v) is 7.10. The van der Waals surface area contributed by atoms with Crippen LogP contribution in [-0.4, -0.2) is 75.9 Å². The molecular formula is C30H48N4O5S. The van der Waals surface area contributed by atoms with E-state index in [9.17, 15) is 13.8 Å². The highest BCUT2D eigenvalue weighted by Gasteiger charge is 2.26. The molecule has 0 fully saturated rings. The summed E-state index contributed by atoms with van der Waals surface area (Å²) in [5, 5.41) is 5.64. The van der Waals surface area contributed by atoms with Gasteiger partial charge in [-0.25, -0.2) is 4.21 Å². The number of rotatable bonds is 11. The second-order valence-corrected chi connectivity index (χ2v) is 10.2. The second kappa shape index (κ2) is 18.5. The van der Waals surface area contributed by atoms with Crippen molar-refractivity contribution in [3.05, 3.63) is 45.8 Å². The van der Waals surface area contributed by atoms with E-state index < -0.39 is 11.1 Å². The summed E-state index contributed by atoms with van der Waals surface area (Å²) >= 11 is -1.57. The zero-order valence-corrected chi connectivity index (χ0v) is 26.5. The van der Waals surface area contributed by atoms with Crippen LogP contribution in [0.5, 0.6) is 0 Å². The molecule has 1 aliphatic heterocycles. The highest BCUT2D eigenvalue weighted by atomic mass is 32.2. The number of fused-ring (bicyclic) bond motifs is 1. The van der Waals surface area contributed by atoms with Crippen LogP contribution in [0.2, 0.25) is 0 Å². The third-order valence-electron chi connectivity index (χ3n) is 5.98. The van der Waals surface area contributed by atoms with Gasteiger partial charge in [-0.2, -0.15) is 0 Å². The number of carbonyl (C=O) groups excluding carboxylic acids is 2. The summed E-state index contributed by atoms with van der Waals surface area (Å²) in [6, 6.07) is 3.66. The van der Waals surface area contributed by atoms with Crippen LogP contribution in [0.3, 0.4) is 0 Å². The Morgan fingerprint density at radius 2 is 1.88 bits per heavy atom. The van der Waals surface area contributed by atoms with Crippen LogP contribution in [0.4, 0.5) is 5.69 Å².